The van der Waals surface area contributed by atoms with Crippen LogP contribution in [0.5, 0.6) is 23.0 Å². The van der Waals surface area contributed by atoms with E-state index in [1.165, 1.54) is 57.7 Å². The van der Waals surface area contributed by atoms with Gasteiger partial charge in [-0.2, -0.15) is 8.78 Å². The Morgan fingerprint density at radius 3 is 2.17 bits per heavy atom. The molecule has 0 aliphatic heterocycles. The molecule has 0 aliphatic rings. The zero-order chi connectivity index (χ0) is 21.4. The third-order valence-electron chi connectivity index (χ3n) is 3.62. The Bertz CT molecular complexity index is 910. The van der Waals surface area contributed by atoms with E-state index in [1.807, 2.05) is 0 Å². The number of hydrogen-bond acceptors (Lipinski definition) is 7. The first-order valence-electron chi connectivity index (χ1n) is 8.17. The number of carbonyl (C=O) groups excluding carboxylic acids is 2. The average molecular weight is 408 g/mol. The van der Waals surface area contributed by atoms with Gasteiger partial charge in [0.15, 0.2) is 23.0 Å². The van der Waals surface area contributed by atoms with E-state index in [1.54, 1.807) is 12.1 Å². The minimum atomic E-state index is -3.03. The van der Waals surface area contributed by atoms with Crippen molar-refractivity contribution >= 4 is 18.0 Å². The molecule has 7 nitrogen and oxygen atoms in total. The first-order valence-corrected chi connectivity index (χ1v) is 8.17. The highest BCUT2D eigenvalue weighted by molar-refractivity contribution is 5.92. The van der Waals surface area contributed by atoms with E-state index < -0.39 is 18.6 Å². The fourth-order valence-electron chi connectivity index (χ4n) is 2.25. The molecule has 0 aliphatic carbocycles. The molecule has 0 amide bonds. The molecule has 0 aromatic heterocycles. The van der Waals surface area contributed by atoms with Crippen LogP contribution in [0.15, 0.2) is 42.5 Å². The van der Waals surface area contributed by atoms with Gasteiger partial charge in [-0.05, 0) is 42.0 Å². The maximum atomic E-state index is 12.4. The summed E-state index contributed by atoms with van der Waals surface area (Å²) >= 11 is 0. The molecular formula is C20H18F2O7. The molecule has 2 rings (SSSR count). The van der Waals surface area contributed by atoms with Crippen molar-refractivity contribution in [2.45, 2.75) is 6.61 Å². The summed E-state index contributed by atoms with van der Waals surface area (Å²) in [4.78, 5) is 23.6. The Labute approximate surface area is 165 Å². The summed E-state index contributed by atoms with van der Waals surface area (Å²) in [5, 5.41) is 0. The number of ether oxygens (including phenoxy) is 5. The van der Waals surface area contributed by atoms with Gasteiger partial charge in [0, 0.05) is 6.08 Å². The Balaban J connectivity index is 2.21. The van der Waals surface area contributed by atoms with E-state index in [4.69, 9.17) is 14.2 Å². The Kier molecular flexibility index (Phi) is 7.53. The van der Waals surface area contributed by atoms with E-state index in [-0.39, 0.29) is 28.6 Å². The number of methoxy groups -OCH3 is 3. The van der Waals surface area contributed by atoms with Gasteiger partial charge >= 0.3 is 18.6 Å². The van der Waals surface area contributed by atoms with Gasteiger partial charge in [-0.1, -0.05) is 6.07 Å². The van der Waals surface area contributed by atoms with Crippen LogP contribution in [0.4, 0.5) is 8.78 Å². The van der Waals surface area contributed by atoms with Crippen LogP contribution >= 0.6 is 0 Å². The van der Waals surface area contributed by atoms with Crippen LogP contribution in [0.3, 0.4) is 0 Å². The summed E-state index contributed by atoms with van der Waals surface area (Å²) in [5.74, 6) is -1.17. The zero-order valence-corrected chi connectivity index (χ0v) is 15.8. The Hall–Kier alpha value is -3.62. The lowest BCUT2D eigenvalue weighted by Crippen LogP contribution is -2.10. The summed E-state index contributed by atoms with van der Waals surface area (Å²) in [7, 11) is 3.91. The number of alkyl halides is 2. The van der Waals surface area contributed by atoms with Crippen LogP contribution in [0.1, 0.15) is 15.9 Å². The highest BCUT2D eigenvalue weighted by atomic mass is 19.3. The number of hydrogen-bond donors (Lipinski definition) is 0. The summed E-state index contributed by atoms with van der Waals surface area (Å²) < 4.78 is 49.1. The summed E-state index contributed by atoms with van der Waals surface area (Å²) in [6, 6.07) is 8.31. The number of halogens is 2. The molecule has 0 saturated heterocycles. The molecule has 154 valence electrons. The molecule has 0 atom stereocenters. The highest BCUT2D eigenvalue weighted by Gasteiger charge is 2.17. The van der Waals surface area contributed by atoms with Crippen molar-refractivity contribution in [2.24, 2.45) is 0 Å². The molecule has 0 fully saturated rings. The second-order valence-corrected chi connectivity index (χ2v) is 5.40. The molecule has 0 radical (unpaired) electrons. The largest absolute Gasteiger partial charge is 0.493 e. The first kappa shape index (κ1) is 21.7. The van der Waals surface area contributed by atoms with Gasteiger partial charge in [-0.15, -0.1) is 0 Å². The predicted molar refractivity (Wildman–Crippen MR) is 98.6 cm³/mol. The molecule has 0 heterocycles. The van der Waals surface area contributed by atoms with Crippen molar-refractivity contribution in [3.8, 4) is 23.0 Å². The minimum absolute atomic E-state index is 0.0463. The first-order chi connectivity index (χ1) is 13.9. The molecule has 29 heavy (non-hydrogen) atoms. The van der Waals surface area contributed by atoms with Crippen LogP contribution in [-0.2, 0) is 9.53 Å². The smallest absolute Gasteiger partial charge is 0.387 e. The normalized spacial score (nSPS) is 10.7. The van der Waals surface area contributed by atoms with Crippen LogP contribution in [0, 0.1) is 0 Å². The van der Waals surface area contributed by atoms with Crippen molar-refractivity contribution in [3.63, 3.8) is 0 Å². The molecule has 2 aromatic rings. The zero-order valence-electron chi connectivity index (χ0n) is 15.8. The Morgan fingerprint density at radius 2 is 1.55 bits per heavy atom. The lowest BCUT2D eigenvalue weighted by molar-refractivity contribution is -0.134. The lowest BCUT2D eigenvalue weighted by atomic mass is 10.1. The molecule has 2 aromatic carbocycles. The van der Waals surface area contributed by atoms with Gasteiger partial charge in [0.25, 0.3) is 0 Å². The van der Waals surface area contributed by atoms with E-state index in [0.717, 1.165) is 0 Å². The van der Waals surface area contributed by atoms with Gasteiger partial charge in [0.05, 0.1) is 26.9 Å². The molecule has 0 N–H and O–H groups in total. The fraction of sp³-hybridized carbons (Fsp3) is 0.200. The quantitative estimate of drug-likeness (QED) is 0.374. The van der Waals surface area contributed by atoms with Crippen LogP contribution < -0.4 is 18.9 Å². The van der Waals surface area contributed by atoms with Gasteiger partial charge in [0.2, 0.25) is 0 Å². The maximum Gasteiger partial charge on any atom is 0.387 e. The average Bonchev–Trinajstić information content (AvgIpc) is 2.72. The van der Waals surface area contributed by atoms with Gasteiger partial charge in [-0.25, -0.2) is 9.59 Å². The fourth-order valence-corrected chi connectivity index (χ4v) is 2.25. The molecule has 0 saturated carbocycles. The Morgan fingerprint density at radius 1 is 0.897 bits per heavy atom. The highest BCUT2D eigenvalue weighted by Crippen LogP contribution is 2.32. The van der Waals surface area contributed by atoms with Gasteiger partial charge in [0.1, 0.15) is 0 Å². The SMILES string of the molecule is COC(=O)/C=C/c1ccc(OC(=O)c2ccc(OC(F)F)c(OC)c2)c(OC)c1. The maximum absolute atomic E-state index is 12.4. The van der Waals surface area contributed by atoms with E-state index >= 15 is 0 Å². The number of carbonyl (C=O) groups is 2. The monoisotopic (exact) mass is 408 g/mol. The number of esters is 2. The topological polar surface area (TPSA) is 80.3 Å². The van der Waals surface area contributed by atoms with Crippen LogP contribution in [0.25, 0.3) is 6.08 Å². The van der Waals surface area contributed by atoms with E-state index in [0.29, 0.717) is 5.56 Å². The molecule has 0 unspecified atom stereocenters. The minimum Gasteiger partial charge on any atom is -0.493 e. The second-order valence-electron chi connectivity index (χ2n) is 5.40. The molecule has 0 spiro atoms. The van der Waals surface area contributed by atoms with Crippen LogP contribution in [0.2, 0.25) is 0 Å². The predicted octanol–water partition coefficient (Wildman–Crippen LogP) is 3.71. The molecular weight excluding hydrogens is 390 g/mol. The lowest BCUT2D eigenvalue weighted by Gasteiger charge is -2.12. The van der Waals surface area contributed by atoms with Crippen molar-refractivity contribution in [3.05, 3.63) is 53.6 Å². The van der Waals surface area contributed by atoms with Crippen LogP contribution in [-0.4, -0.2) is 39.9 Å². The van der Waals surface area contributed by atoms with Crippen molar-refractivity contribution in [1.82, 2.24) is 0 Å². The third kappa shape index (κ3) is 5.93. The summed E-state index contributed by atoms with van der Waals surface area (Å²) in [6.45, 7) is -3.03. The molecule has 9 heteroatoms. The second kappa shape index (κ2) is 10.1. The van der Waals surface area contributed by atoms with Crippen molar-refractivity contribution in [1.29, 1.82) is 0 Å². The van der Waals surface area contributed by atoms with Crippen molar-refractivity contribution in [2.75, 3.05) is 21.3 Å². The van der Waals surface area contributed by atoms with E-state index in [9.17, 15) is 18.4 Å². The summed E-state index contributed by atoms with van der Waals surface area (Å²) in [5.41, 5.74) is 0.669. The van der Waals surface area contributed by atoms with Crippen molar-refractivity contribution < 1.29 is 42.1 Å². The number of benzene rings is 2. The van der Waals surface area contributed by atoms with E-state index in [2.05, 4.69) is 9.47 Å². The van der Waals surface area contributed by atoms with Gasteiger partial charge in [-0.3, -0.25) is 0 Å². The standard InChI is InChI=1S/C20H18F2O7/c1-25-16-10-12(5-9-18(23)27-3)4-7-14(16)28-19(24)13-6-8-15(29-20(21)22)17(11-13)26-2/h4-11,20H,1-3H3/b9-5+. The summed E-state index contributed by atoms with van der Waals surface area (Å²) in [6.07, 6.45) is 2.74. The number of rotatable bonds is 8. The third-order valence-corrected chi connectivity index (χ3v) is 3.62. The molecule has 0 bridgehead atoms. The van der Waals surface area contributed by atoms with Gasteiger partial charge < -0.3 is 23.7 Å².